The number of nitrogens with zero attached hydrogens (tertiary/aromatic N) is 1. The van der Waals surface area contributed by atoms with Crippen molar-refractivity contribution in [3.8, 4) is 10.6 Å². The van der Waals surface area contributed by atoms with Crippen molar-refractivity contribution >= 4 is 11.3 Å². The van der Waals surface area contributed by atoms with E-state index in [1.165, 1.54) is 12.1 Å². The van der Waals surface area contributed by atoms with E-state index in [0.29, 0.717) is 5.92 Å². The summed E-state index contributed by atoms with van der Waals surface area (Å²) in [5.74, 6) is 0.353. The van der Waals surface area contributed by atoms with Crippen molar-refractivity contribution in [2.24, 2.45) is 5.92 Å². The monoisotopic (exact) mass is 306 g/mol. The molecule has 1 aliphatic carbocycles. The highest BCUT2D eigenvalue weighted by Gasteiger charge is 2.22. The third-order valence-corrected chi connectivity index (χ3v) is 4.84. The quantitative estimate of drug-likeness (QED) is 0.891. The Morgan fingerprint density at radius 1 is 1.29 bits per heavy atom. The van der Waals surface area contributed by atoms with Gasteiger partial charge in [-0.25, -0.2) is 9.37 Å². The second-order valence-electron chi connectivity index (χ2n) is 5.61. The lowest BCUT2D eigenvalue weighted by Crippen LogP contribution is -2.21. The van der Waals surface area contributed by atoms with Gasteiger partial charge in [0.25, 0.3) is 0 Å². The maximum Gasteiger partial charge on any atom is 0.123 e. The van der Waals surface area contributed by atoms with Gasteiger partial charge in [-0.3, -0.25) is 0 Å². The van der Waals surface area contributed by atoms with Crippen LogP contribution in [0.15, 0.2) is 29.6 Å². The standard InChI is InChI=1S/C16H19FN2OS/c17-13-4-2-12(3-5-13)16-19-14(10-21-16)9-18-8-11-1-6-15(20)7-11/h2-5,10-11,15,18,20H,1,6-9H2. The molecule has 1 aromatic carbocycles. The molecule has 0 radical (unpaired) electrons. The van der Waals surface area contributed by atoms with E-state index >= 15 is 0 Å². The number of benzene rings is 1. The third-order valence-electron chi connectivity index (χ3n) is 3.90. The Kier molecular flexibility index (Phi) is 4.63. The Balaban J connectivity index is 1.52. The van der Waals surface area contributed by atoms with Crippen LogP contribution in [0.1, 0.15) is 25.0 Å². The van der Waals surface area contributed by atoms with Gasteiger partial charge in [0.2, 0.25) is 0 Å². The number of thiazole rings is 1. The number of rotatable bonds is 5. The molecule has 0 spiro atoms. The van der Waals surface area contributed by atoms with Crippen LogP contribution in [-0.4, -0.2) is 22.7 Å². The first-order valence-corrected chi connectivity index (χ1v) is 8.18. The van der Waals surface area contributed by atoms with Crippen LogP contribution in [0.3, 0.4) is 0 Å². The van der Waals surface area contributed by atoms with Crippen molar-refractivity contribution in [1.29, 1.82) is 0 Å². The van der Waals surface area contributed by atoms with Gasteiger partial charge in [0.1, 0.15) is 10.8 Å². The van der Waals surface area contributed by atoms with Crippen LogP contribution in [0.25, 0.3) is 10.6 Å². The van der Waals surface area contributed by atoms with Crippen LogP contribution >= 0.6 is 11.3 Å². The smallest absolute Gasteiger partial charge is 0.123 e. The molecule has 21 heavy (non-hydrogen) atoms. The second kappa shape index (κ2) is 6.64. The van der Waals surface area contributed by atoms with Crippen molar-refractivity contribution in [2.45, 2.75) is 31.9 Å². The second-order valence-corrected chi connectivity index (χ2v) is 6.47. The molecule has 1 saturated carbocycles. The predicted octanol–water partition coefficient (Wildman–Crippen LogP) is 3.20. The van der Waals surface area contributed by atoms with E-state index in [2.05, 4.69) is 10.3 Å². The molecule has 5 heteroatoms. The highest BCUT2D eigenvalue weighted by Crippen LogP contribution is 2.25. The number of aliphatic hydroxyl groups excluding tert-OH is 1. The molecule has 0 bridgehead atoms. The first-order valence-electron chi connectivity index (χ1n) is 7.30. The summed E-state index contributed by atoms with van der Waals surface area (Å²) in [5, 5.41) is 15.9. The van der Waals surface area contributed by atoms with Gasteiger partial charge in [-0.05, 0) is 56.0 Å². The van der Waals surface area contributed by atoms with E-state index in [-0.39, 0.29) is 11.9 Å². The average molecular weight is 306 g/mol. The fourth-order valence-corrected chi connectivity index (χ4v) is 3.58. The van der Waals surface area contributed by atoms with Crippen LogP contribution < -0.4 is 5.32 Å². The molecule has 1 fully saturated rings. The lowest BCUT2D eigenvalue weighted by molar-refractivity contribution is 0.177. The minimum absolute atomic E-state index is 0.110. The number of aromatic nitrogens is 1. The van der Waals surface area contributed by atoms with Gasteiger partial charge < -0.3 is 10.4 Å². The molecule has 2 unspecified atom stereocenters. The average Bonchev–Trinajstić information content (AvgIpc) is 3.09. The molecular formula is C16H19FN2OS. The summed E-state index contributed by atoms with van der Waals surface area (Å²) < 4.78 is 12.9. The summed E-state index contributed by atoms with van der Waals surface area (Å²) in [5.41, 5.74) is 1.96. The van der Waals surface area contributed by atoms with Crippen LogP contribution in [-0.2, 0) is 6.54 Å². The fraction of sp³-hybridized carbons (Fsp3) is 0.438. The van der Waals surface area contributed by atoms with Crippen LogP contribution in [0.2, 0.25) is 0 Å². The maximum absolute atomic E-state index is 12.9. The van der Waals surface area contributed by atoms with Crippen molar-refractivity contribution in [3.05, 3.63) is 41.2 Å². The van der Waals surface area contributed by atoms with E-state index in [1.54, 1.807) is 23.5 Å². The molecule has 3 nitrogen and oxygen atoms in total. The Morgan fingerprint density at radius 2 is 2.10 bits per heavy atom. The first kappa shape index (κ1) is 14.6. The maximum atomic E-state index is 12.9. The minimum Gasteiger partial charge on any atom is -0.393 e. The van der Waals surface area contributed by atoms with Gasteiger partial charge in [-0.15, -0.1) is 11.3 Å². The molecule has 2 atom stereocenters. The van der Waals surface area contributed by atoms with Gasteiger partial charge in [0, 0.05) is 17.5 Å². The number of aliphatic hydroxyl groups is 1. The van der Waals surface area contributed by atoms with Gasteiger partial charge in [0.05, 0.1) is 11.8 Å². The van der Waals surface area contributed by atoms with Gasteiger partial charge in [-0.2, -0.15) is 0 Å². The summed E-state index contributed by atoms with van der Waals surface area (Å²) in [7, 11) is 0. The molecule has 0 saturated heterocycles. The topological polar surface area (TPSA) is 45.1 Å². The number of nitrogens with one attached hydrogen (secondary N) is 1. The zero-order valence-electron chi connectivity index (χ0n) is 11.8. The zero-order chi connectivity index (χ0) is 14.7. The molecule has 3 rings (SSSR count). The van der Waals surface area contributed by atoms with Crippen LogP contribution in [0.5, 0.6) is 0 Å². The Bertz CT molecular complexity index is 584. The van der Waals surface area contributed by atoms with Crippen LogP contribution in [0, 0.1) is 11.7 Å². The van der Waals surface area contributed by atoms with Gasteiger partial charge >= 0.3 is 0 Å². The van der Waals surface area contributed by atoms with E-state index < -0.39 is 0 Å². The predicted molar refractivity (Wildman–Crippen MR) is 82.6 cm³/mol. The normalized spacial score (nSPS) is 21.8. The Hall–Kier alpha value is -1.30. The number of hydrogen-bond donors (Lipinski definition) is 2. The highest BCUT2D eigenvalue weighted by atomic mass is 32.1. The van der Waals surface area contributed by atoms with Crippen molar-refractivity contribution < 1.29 is 9.50 Å². The minimum atomic E-state index is -0.226. The number of hydrogen-bond acceptors (Lipinski definition) is 4. The summed E-state index contributed by atoms with van der Waals surface area (Å²) in [4.78, 5) is 4.57. The lowest BCUT2D eigenvalue weighted by Gasteiger charge is -2.09. The van der Waals surface area contributed by atoms with E-state index in [4.69, 9.17) is 0 Å². The first-order chi connectivity index (χ1) is 10.2. The van der Waals surface area contributed by atoms with E-state index in [1.807, 2.05) is 5.38 Å². The van der Waals surface area contributed by atoms with Crippen molar-refractivity contribution in [3.63, 3.8) is 0 Å². The van der Waals surface area contributed by atoms with Gasteiger partial charge in [-0.1, -0.05) is 0 Å². The lowest BCUT2D eigenvalue weighted by atomic mass is 10.1. The van der Waals surface area contributed by atoms with Crippen molar-refractivity contribution in [2.75, 3.05) is 6.54 Å². The Labute approximate surface area is 127 Å². The molecule has 2 N–H and O–H groups in total. The summed E-state index contributed by atoms with van der Waals surface area (Å²) >= 11 is 1.58. The summed E-state index contributed by atoms with van der Waals surface area (Å²) in [6.07, 6.45) is 2.83. The van der Waals surface area contributed by atoms with E-state index in [0.717, 1.165) is 48.6 Å². The summed E-state index contributed by atoms with van der Waals surface area (Å²) in [6.45, 7) is 1.67. The molecular weight excluding hydrogens is 287 g/mol. The molecule has 1 aromatic heterocycles. The molecule has 112 valence electrons. The molecule has 0 amide bonds. The zero-order valence-corrected chi connectivity index (χ0v) is 12.6. The fourth-order valence-electron chi connectivity index (χ4n) is 2.75. The molecule has 1 aliphatic rings. The van der Waals surface area contributed by atoms with Gasteiger partial charge in [0.15, 0.2) is 0 Å². The molecule has 0 aliphatic heterocycles. The highest BCUT2D eigenvalue weighted by molar-refractivity contribution is 7.13. The van der Waals surface area contributed by atoms with Crippen molar-refractivity contribution in [1.82, 2.24) is 10.3 Å². The third kappa shape index (κ3) is 3.87. The SMILES string of the molecule is OC1CCC(CNCc2csc(-c3ccc(F)cc3)n2)C1. The number of halogens is 1. The van der Waals surface area contributed by atoms with E-state index in [9.17, 15) is 9.50 Å². The summed E-state index contributed by atoms with van der Waals surface area (Å²) in [6, 6.07) is 6.43. The molecule has 2 aromatic rings. The Morgan fingerprint density at radius 3 is 2.81 bits per heavy atom. The molecule has 1 heterocycles. The van der Waals surface area contributed by atoms with Crippen LogP contribution in [0.4, 0.5) is 4.39 Å². The largest absolute Gasteiger partial charge is 0.393 e.